The van der Waals surface area contributed by atoms with Crippen LogP contribution in [0.5, 0.6) is 0 Å². The predicted octanol–water partition coefficient (Wildman–Crippen LogP) is 2.41. The molecule has 0 aliphatic heterocycles. The highest BCUT2D eigenvalue weighted by atomic mass is 32.1. The lowest BCUT2D eigenvalue weighted by Crippen LogP contribution is -2.50. The molecule has 0 saturated heterocycles. The van der Waals surface area contributed by atoms with E-state index < -0.39 is 24.0 Å². The van der Waals surface area contributed by atoms with Crippen LogP contribution in [-0.4, -0.2) is 28.0 Å². The molecule has 1 atom stereocenters. The Hall–Kier alpha value is -2.62. The van der Waals surface area contributed by atoms with Crippen molar-refractivity contribution in [2.24, 2.45) is 5.73 Å². The molecular formula is C18H20F3N3O3S. The van der Waals surface area contributed by atoms with Gasteiger partial charge in [0.05, 0.1) is 10.4 Å². The molecule has 2 aromatic rings. The van der Waals surface area contributed by atoms with E-state index in [2.05, 4.69) is 0 Å². The van der Waals surface area contributed by atoms with E-state index in [-0.39, 0.29) is 17.5 Å². The molecular weight excluding hydrogens is 395 g/mol. The summed E-state index contributed by atoms with van der Waals surface area (Å²) in [4.78, 5) is 35.3. The minimum absolute atomic E-state index is 0.125. The third kappa shape index (κ3) is 5.22. The first-order chi connectivity index (χ1) is 12.8. The van der Waals surface area contributed by atoms with Gasteiger partial charge in [-0.05, 0) is 31.9 Å². The Morgan fingerprint density at radius 2 is 1.75 bits per heavy atom. The normalized spacial score (nSPS) is 13.2. The first kappa shape index (κ1) is 21.7. The van der Waals surface area contributed by atoms with Gasteiger partial charge in [0.25, 0.3) is 5.56 Å². The molecule has 2 rings (SSSR count). The number of hydrogen-bond acceptors (Lipinski definition) is 4. The maximum absolute atomic E-state index is 12.4. The van der Waals surface area contributed by atoms with Crippen LogP contribution in [0.25, 0.3) is 10.4 Å². The van der Waals surface area contributed by atoms with E-state index in [0.717, 1.165) is 10.4 Å². The second-order valence-electron chi connectivity index (χ2n) is 7.23. The highest BCUT2D eigenvalue weighted by molar-refractivity contribution is 7.10. The van der Waals surface area contributed by atoms with Crippen molar-refractivity contribution in [2.75, 3.05) is 0 Å². The van der Waals surface area contributed by atoms with Gasteiger partial charge in [0, 0.05) is 12.5 Å². The molecule has 0 aliphatic rings. The van der Waals surface area contributed by atoms with Crippen LogP contribution in [0.3, 0.4) is 0 Å². The number of carbonyl (C=O) groups is 2. The molecule has 6 nitrogen and oxygen atoms in total. The van der Waals surface area contributed by atoms with Crippen molar-refractivity contribution >= 4 is 23.3 Å². The number of primary amides is 1. The third-order valence-electron chi connectivity index (χ3n) is 3.84. The Bertz CT molecular complexity index is 925. The lowest BCUT2D eigenvalue weighted by atomic mass is 10.0. The van der Waals surface area contributed by atoms with Gasteiger partial charge < -0.3 is 11.1 Å². The molecule has 0 fully saturated rings. The second kappa shape index (κ2) is 7.78. The molecule has 1 aromatic heterocycles. The summed E-state index contributed by atoms with van der Waals surface area (Å²) in [6, 6.07) is 6.63. The van der Waals surface area contributed by atoms with Crippen LogP contribution >= 0.6 is 11.5 Å². The highest BCUT2D eigenvalue weighted by Gasteiger charge is 2.40. The molecule has 0 saturated carbocycles. The first-order valence-electron chi connectivity index (χ1n) is 8.29. The molecule has 3 N–H and O–H groups in total. The number of benzene rings is 1. The Balaban J connectivity index is 2.19. The van der Waals surface area contributed by atoms with E-state index in [1.165, 1.54) is 17.6 Å². The van der Waals surface area contributed by atoms with Crippen molar-refractivity contribution in [3.8, 4) is 10.4 Å². The largest absolute Gasteiger partial charge is 0.471 e. The van der Waals surface area contributed by atoms with Gasteiger partial charge in [-0.3, -0.25) is 18.3 Å². The zero-order valence-electron chi connectivity index (χ0n) is 15.5. The fraction of sp³-hybridized carbons (Fsp3) is 0.389. The molecule has 1 aromatic carbocycles. The molecule has 0 aliphatic carbocycles. The molecule has 28 heavy (non-hydrogen) atoms. The SMILES string of the molecule is CC(C)(C)n1sc(-c2ccc(CC(NC(=O)C(F)(F)F)C(N)=O)cc2)cc1=O. The number of hydrogen-bond donors (Lipinski definition) is 2. The minimum Gasteiger partial charge on any atom is -0.368 e. The van der Waals surface area contributed by atoms with Crippen LogP contribution in [0.15, 0.2) is 35.1 Å². The average Bonchev–Trinajstić information content (AvgIpc) is 2.96. The summed E-state index contributed by atoms with van der Waals surface area (Å²) < 4.78 is 38.8. The van der Waals surface area contributed by atoms with Crippen molar-refractivity contribution in [3.63, 3.8) is 0 Å². The summed E-state index contributed by atoms with van der Waals surface area (Å²) in [6.45, 7) is 5.74. The highest BCUT2D eigenvalue weighted by Crippen LogP contribution is 2.27. The monoisotopic (exact) mass is 415 g/mol. The summed E-state index contributed by atoms with van der Waals surface area (Å²) in [5, 5.41) is 1.60. The smallest absolute Gasteiger partial charge is 0.368 e. The topological polar surface area (TPSA) is 94.2 Å². The fourth-order valence-corrected chi connectivity index (χ4v) is 3.46. The van der Waals surface area contributed by atoms with Gasteiger partial charge in [0.2, 0.25) is 5.91 Å². The maximum atomic E-state index is 12.4. The second-order valence-corrected chi connectivity index (χ2v) is 8.22. The predicted molar refractivity (Wildman–Crippen MR) is 99.9 cm³/mol. The van der Waals surface area contributed by atoms with Gasteiger partial charge in [-0.1, -0.05) is 35.8 Å². The van der Waals surface area contributed by atoms with E-state index >= 15 is 0 Å². The van der Waals surface area contributed by atoms with Crippen molar-refractivity contribution in [3.05, 3.63) is 46.2 Å². The number of nitrogens with two attached hydrogens (primary N) is 1. The van der Waals surface area contributed by atoms with E-state index in [0.29, 0.717) is 5.56 Å². The van der Waals surface area contributed by atoms with Crippen LogP contribution in [0.2, 0.25) is 0 Å². The van der Waals surface area contributed by atoms with Crippen LogP contribution in [0.4, 0.5) is 13.2 Å². The van der Waals surface area contributed by atoms with E-state index in [1.54, 1.807) is 33.5 Å². The molecule has 0 spiro atoms. The van der Waals surface area contributed by atoms with Crippen molar-refractivity contribution in [2.45, 2.75) is 44.9 Å². The molecule has 2 amide bonds. The van der Waals surface area contributed by atoms with Crippen LogP contribution in [-0.2, 0) is 21.5 Å². The molecule has 1 unspecified atom stereocenters. The number of halogens is 3. The maximum Gasteiger partial charge on any atom is 0.471 e. The Kier molecular flexibility index (Phi) is 6.03. The van der Waals surface area contributed by atoms with E-state index in [9.17, 15) is 27.6 Å². The summed E-state index contributed by atoms with van der Waals surface area (Å²) >= 11 is 1.30. The minimum atomic E-state index is -5.10. The van der Waals surface area contributed by atoms with Crippen molar-refractivity contribution < 1.29 is 22.8 Å². The quantitative estimate of drug-likeness (QED) is 0.785. The molecule has 152 valence electrons. The number of carbonyl (C=O) groups excluding carboxylic acids is 2. The Morgan fingerprint density at radius 3 is 2.18 bits per heavy atom. The number of aromatic nitrogens is 1. The van der Waals surface area contributed by atoms with Crippen LogP contribution < -0.4 is 16.6 Å². The number of nitrogens with one attached hydrogen (secondary N) is 1. The third-order valence-corrected chi connectivity index (χ3v) is 5.30. The summed E-state index contributed by atoms with van der Waals surface area (Å²) in [5.74, 6) is -3.29. The van der Waals surface area contributed by atoms with Gasteiger partial charge >= 0.3 is 12.1 Å². The van der Waals surface area contributed by atoms with Crippen molar-refractivity contribution in [1.82, 2.24) is 9.27 Å². The van der Waals surface area contributed by atoms with Gasteiger partial charge in [0.1, 0.15) is 6.04 Å². The number of nitrogens with zero attached hydrogens (tertiary/aromatic N) is 1. The van der Waals surface area contributed by atoms with Crippen LogP contribution in [0, 0.1) is 0 Å². The standard InChI is InChI=1S/C18H20F3N3O3S/c1-17(2,3)24-14(25)9-13(28-24)11-6-4-10(5-7-11)8-12(15(22)26)23-16(27)18(19,20)21/h4-7,9,12H,8H2,1-3H3,(H2,22,26)(H,23,27). The molecule has 10 heteroatoms. The van der Waals surface area contributed by atoms with Gasteiger partial charge in [-0.15, -0.1) is 0 Å². The summed E-state index contributed by atoms with van der Waals surface area (Å²) in [5.41, 5.74) is 5.88. The van der Waals surface area contributed by atoms with Gasteiger partial charge in [-0.25, -0.2) is 0 Å². The zero-order chi connectivity index (χ0) is 21.3. The first-order valence-corrected chi connectivity index (χ1v) is 9.06. The van der Waals surface area contributed by atoms with Gasteiger partial charge in [0.15, 0.2) is 0 Å². The molecule has 0 radical (unpaired) electrons. The Labute approximate surface area is 163 Å². The molecule has 0 bridgehead atoms. The van der Waals surface area contributed by atoms with Gasteiger partial charge in [-0.2, -0.15) is 13.2 Å². The number of amides is 2. The average molecular weight is 415 g/mol. The summed E-state index contributed by atoms with van der Waals surface area (Å²) in [6.07, 6.45) is -5.29. The lowest BCUT2D eigenvalue weighted by molar-refractivity contribution is -0.174. The van der Waals surface area contributed by atoms with Crippen LogP contribution in [0.1, 0.15) is 26.3 Å². The van der Waals surface area contributed by atoms with Crippen molar-refractivity contribution in [1.29, 1.82) is 0 Å². The Morgan fingerprint density at radius 1 is 1.18 bits per heavy atom. The molecule has 1 heterocycles. The lowest BCUT2D eigenvalue weighted by Gasteiger charge is -2.18. The zero-order valence-corrected chi connectivity index (χ0v) is 16.3. The summed E-state index contributed by atoms with van der Waals surface area (Å²) in [7, 11) is 0. The number of rotatable bonds is 5. The van der Waals surface area contributed by atoms with E-state index in [4.69, 9.17) is 5.73 Å². The number of alkyl halides is 3. The fourth-order valence-electron chi connectivity index (χ4n) is 2.45. The van der Waals surface area contributed by atoms with E-state index in [1.807, 2.05) is 20.8 Å².